The number of aromatic nitrogens is 1. The number of nitrogens with two attached hydrogens (primary N) is 1. The third-order valence-corrected chi connectivity index (χ3v) is 6.42. The highest BCUT2D eigenvalue weighted by atomic mass is 15.3. The highest BCUT2D eigenvalue weighted by molar-refractivity contribution is 6.05. The first-order chi connectivity index (χ1) is 14.8. The topological polar surface area (TPSA) is 66.5 Å². The van der Waals surface area contributed by atoms with Gasteiger partial charge in [-0.1, -0.05) is 55.0 Å². The van der Waals surface area contributed by atoms with Crippen molar-refractivity contribution in [2.45, 2.75) is 25.4 Å². The summed E-state index contributed by atoms with van der Waals surface area (Å²) < 4.78 is 0. The number of nitrogens with zero attached hydrogens (tertiary/aromatic N) is 3. The number of benzene rings is 2. The molecule has 2 aliphatic heterocycles. The Bertz CT molecular complexity index is 1220. The lowest BCUT2D eigenvalue weighted by atomic mass is 9.82. The number of pyridine rings is 1. The fraction of sp³-hybridized carbons (Fsp3) is 0.200. The predicted molar refractivity (Wildman–Crippen MR) is 121 cm³/mol. The third-order valence-electron chi connectivity index (χ3n) is 6.42. The van der Waals surface area contributed by atoms with Crippen molar-refractivity contribution in [3.63, 3.8) is 0 Å². The molecule has 30 heavy (non-hydrogen) atoms. The van der Waals surface area contributed by atoms with Gasteiger partial charge in [0.2, 0.25) is 0 Å². The van der Waals surface area contributed by atoms with Gasteiger partial charge in [0, 0.05) is 28.9 Å². The summed E-state index contributed by atoms with van der Waals surface area (Å²) in [6, 6.07) is 20.9. The normalized spacial score (nSPS) is 20.7. The lowest BCUT2D eigenvalue weighted by Crippen LogP contribution is -2.45. The molecule has 3 aromatic rings. The summed E-state index contributed by atoms with van der Waals surface area (Å²) in [4.78, 5) is 11.6. The molecule has 2 aromatic carbocycles. The van der Waals surface area contributed by atoms with Crippen molar-refractivity contribution < 1.29 is 0 Å². The molecular weight excluding hydrogens is 370 g/mol. The first-order valence-corrected chi connectivity index (χ1v) is 10.5. The number of fused-ring (bicyclic) bond motifs is 2. The van der Waals surface area contributed by atoms with Crippen LogP contribution in [0, 0.1) is 5.92 Å². The molecule has 148 valence electrons. The summed E-state index contributed by atoms with van der Waals surface area (Å²) in [5, 5.41) is 4.88. The maximum atomic E-state index is 6.33. The maximum absolute atomic E-state index is 6.33. The molecule has 5 nitrogen and oxygen atoms in total. The summed E-state index contributed by atoms with van der Waals surface area (Å²) in [5.41, 5.74) is 12.5. The van der Waals surface area contributed by atoms with Gasteiger partial charge in [-0.25, -0.2) is 9.98 Å². The molecule has 5 heteroatoms. The molecule has 1 fully saturated rings. The van der Waals surface area contributed by atoms with E-state index >= 15 is 0 Å². The summed E-state index contributed by atoms with van der Waals surface area (Å²) in [5.74, 6) is 1.20. The second-order valence-corrected chi connectivity index (χ2v) is 8.19. The molecule has 1 aliphatic carbocycles. The molecule has 1 atom stereocenters. The van der Waals surface area contributed by atoms with Gasteiger partial charge >= 0.3 is 0 Å². The number of nitrogens with one attached hydrogen (secondary N) is 1. The second kappa shape index (κ2) is 6.73. The van der Waals surface area contributed by atoms with E-state index in [1.54, 1.807) is 6.20 Å². The van der Waals surface area contributed by atoms with Gasteiger partial charge in [-0.2, -0.15) is 0 Å². The van der Waals surface area contributed by atoms with Gasteiger partial charge in [-0.15, -0.1) is 0 Å². The minimum Gasteiger partial charge on any atom is -0.382 e. The van der Waals surface area contributed by atoms with Crippen LogP contribution in [0.5, 0.6) is 0 Å². The quantitative estimate of drug-likeness (QED) is 0.690. The van der Waals surface area contributed by atoms with E-state index in [0.29, 0.717) is 11.8 Å². The minimum absolute atomic E-state index is 0.244. The van der Waals surface area contributed by atoms with Gasteiger partial charge in [0.1, 0.15) is 17.7 Å². The number of aliphatic imine (C=N–C) groups is 1. The van der Waals surface area contributed by atoms with E-state index in [1.165, 1.54) is 19.3 Å². The Morgan fingerprint density at radius 3 is 2.60 bits per heavy atom. The molecule has 0 spiro atoms. The van der Waals surface area contributed by atoms with Crippen molar-refractivity contribution in [3.05, 3.63) is 84.3 Å². The average Bonchev–Trinajstić information content (AvgIpc) is 3.13. The fourth-order valence-corrected chi connectivity index (χ4v) is 4.59. The molecule has 3 heterocycles. The van der Waals surface area contributed by atoms with Gasteiger partial charge in [-0.05, 0) is 30.9 Å². The highest BCUT2D eigenvalue weighted by Gasteiger charge is 2.40. The Hall–Kier alpha value is -3.60. The zero-order valence-electron chi connectivity index (χ0n) is 16.6. The van der Waals surface area contributed by atoms with Gasteiger partial charge in [0.05, 0.1) is 16.9 Å². The molecule has 3 aliphatic rings. The molecule has 0 saturated heterocycles. The lowest BCUT2D eigenvalue weighted by Gasteiger charge is -2.37. The number of amidine groups is 1. The molecule has 0 radical (unpaired) electrons. The minimum atomic E-state index is 0.244. The van der Waals surface area contributed by atoms with Gasteiger partial charge < -0.3 is 16.0 Å². The molecule has 1 aromatic heterocycles. The van der Waals surface area contributed by atoms with Gasteiger partial charge in [0.25, 0.3) is 0 Å². The summed E-state index contributed by atoms with van der Waals surface area (Å²) in [7, 11) is 0. The zero-order chi connectivity index (χ0) is 20.1. The monoisotopic (exact) mass is 393 g/mol. The highest BCUT2D eigenvalue weighted by Crippen LogP contribution is 2.39. The van der Waals surface area contributed by atoms with Crippen molar-refractivity contribution in [2.75, 3.05) is 0 Å². The molecule has 3 N–H and O–H groups in total. The van der Waals surface area contributed by atoms with E-state index in [4.69, 9.17) is 10.7 Å². The number of rotatable bonds is 3. The smallest absolute Gasteiger partial charge is 0.149 e. The van der Waals surface area contributed by atoms with Crippen LogP contribution in [0.2, 0.25) is 0 Å². The Kier molecular flexibility index (Phi) is 3.88. The maximum Gasteiger partial charge on any atom is 0.149 e. The van der Waals surface area contributed by atoms with Gasteiger partial charge in [-0.3, -0.25) is 0 Å². The fourth-order valence-electron chi connectivity index (χ4n) is 4.59. The van der Waals surface area contributed by atoms with Crippen LogP contribution in [-0.2, 0) is 0 Å². The van der Waals surface area contributed by atoms with E-state index in [1.807, 2.05) is 24.4 Å². The van der Waals surface area contributed by atoms with Crippen LogP contribution >= 0.6 is 0 Å². The first-order valence-electron chi connectivity index (χ1n) is 10.5. The summed E-state index contributed by atoms with van der Waals surface area (Å²) in [6.07, 6.45) is 7.88. The molecule has 0 bridgehead atoms. The molecule has 1 saturated carbocycles. The van der Waals surface area contributed by atoms with Crippen LogP contribution in [-0.4, -0.2) is 21.9 Å². The summed E-state index contributed by atoms with van der Waals surface area (Å²) in [6.45, 7) is 0. The van der Waals surface area contributed by atoms with E-state index in [2.05, 4.69) is 57.7 Å². The first kappa shape index (κ1) is 17.3. The van der Waals surface area contributed by atoms with Crippen molar-refractivity contribution in [2.24, 2.45) is 16.6 Å². The van der Waals surface area contributed by atoms with Crippen molar-refractivity contribution in [1.82, 2.24) is 15.2 Å². The van der Waals surface area contributed by atoms with Gasteiger partial charge in [0.15, 0.2) is 0 Å². The molecule has 0 amide bonds. The van der Waals surface area contributed by atoms with Crippen LogP contribution < -0.4 is 11.1 Å². The van der Waals surface area contributed by atoms with Crippen LogP contribution in [0.1, 0.15) is 24.8 Å². The third kappa shape index (κ3) is 2.70. The second-order valence-electron chi connectivity index (χ2n) is 8.19. The van der Waals surface area contributed by atoms with E-state index < -0.39 is 0 Å². The Balaban J connectivity index is 1.44. The summed E-state index contributed by atoms with van der Waals surface area (Å²) >= 11 is 0. The molecule has 6 rings (SSSR count). The van der Waals surface area contributed by atoms with E-state index in [9.17, 15) is 0 Å². The van der Waals surface area contributed by atoms with E-state index in [-0.39, 0.29) is 6.17 Å². The number of hydrogen-bond acceptors (Lipinski definition) is 5. The average molecular weight is 393 g/mol. The van der Waals surface area contributed by atoms with Crippen LogP contribution in [0.15, 0.2) is 83.8 Å². The van der Waals surface area contributed by atoms with Crippen molar-refractivity contribution in [1.29, 1.82) is 0 Å². The Labute approximate surface area is 175 Å². The van der Waals surface area contributed by atoms with Crippen molar-refractivity contribution >= 4 is 22.4 Å². The molecule has 1 unspecified atom stereocenters. The predicted octanol–water partition coefficient (Wildman–Crippen LogP) is 4.44. The lowest BCUT2D eigenvalue weighted by molar-refractivity contribution is 0.164. The van der Waals surface area contributed by atoms with E-state index in [0.717, 1.165) is 39.1 Å². The van der Waals surface area contributed by atoms with Crippen LogP contribution in [0.4, 0.5) is 0 Å². The molecular formula is C25H23N5. The SMILES string of the molecule is NC1=NC=CN2C1=C(c1ccc3ccc(-c4ccccc4)nc3c1)NC2C1CCC1. The van der Waals surface area contributed by atoms with Crippen LogP contribution in [0.25, 0.3) is 27.9 Å². The standard InChI is InChI=1S/C25H23N5/c26-24-23-22(29-25(18-7-4-8-18)30(23)14-13-27-24)19-10-9-17-11-12-20(28-21(17)15-19)16-5-2-1-3-6-16/h1-3,5-6,9-15,18,25,29H,4,7-8H2,(H2,26,27). The van der Waals surface area contributed by atoms with Crippen molar-refractivity contribution in [3.8, 4) is 11.3 Å². The van der Waals surface area contributed by atoms with Crippen LogP contribution in [0.3, 0.4) is 0 Å². The number of hydrogen-bond donors (Lipinski definition) is 2. The Morgan fingerprint density at radius 2 is 1.80 bits per heavy atom. The largest absolute Gasteiger partial charge is 0.382 e. The zero-order valence-corrected chi connectivity index (χ0v) is 16.6. The Morgan fingerprint density at radius 1 is 0.967 bits per heavy atom.